The number of nitrogens with zero attached hydrogens (tertiary/aromatic N) is 1. The van der Waals surface area contributed by atoms with E-state index in [1.807, 2.05) is 4.90 Å². The number of amides is 1. The lowest BCUT2D eigenvalue weighted by Crippen LogP contribution is -2.39. The second-order valence-electron chi connectivity index (χ2n) is 5.00. The van der Waals surface area contributed by atoms with Crippen LogP contribution in [0.2, 0.25) is 0 Å². The SMILES string of the molecule is CCCCC(=O)N1CCC(COCCOC)CC1. The first-order valence-electron chi connectivity index (χ1n) is 7.12. The molecule has 1 heterocycles. The van der Waals surface area contributed by atoms with Crippen LogP contribution in [0.5, 0.6) is 0 Å². The Labute approximate surface area is 111 Å². The Bertz CT molecular complexity index is 225. The second-order valence-corrected chi connectivity index (χ2v) is 5.00. The molecule has 1 fully saturated rings. The van der Waals surface area contributed by atoms with E-state index in [0.717, 1.165) is 45.4 Å². The molecule has 0 spiro atoms. The quantitative estimate of drug-likeness (QED) is 0.625. The number of ether oxygens (including phenoxy) is 2. The van der Waals surface area contributed by atoms with Crippen LogP contribution in [0.3, 0.4) is 0 Å². The van der Waals surface area contributed by atoms with Gasteiger partial charge in [-0.1, -0.05) is 13.3 Å². The average Bonchev–Trinajstić information content (AvgIpc) is 2.41. The van der Waals surface area contributed by atoms with Crippen LogP contribution in [0.15, 0.2) is 0 Å². The number of hydrogen-bond donors (Lipinski definition) is 0. The Morgan fingerprint density at radius 1 is 1.28 bits per heavy atom. The van der Waals surface area contributed by atoms with Crippen LogP contribution in [0.25, 0.3) is 0 Å². The van der Waals surface area contributed by atoms with E-state index in [2.05, 4.69) is 6.92 Å². The number of hydrogen-bond acceptors (Lipinski definition) is 3. The maximum Gasteiger partial charge on any atom is 0.222 e. The zero-order valence-corrected chi connectivity index (χ0v) is 11.8. The molecule has 0 N–H and O–H groups in total. The summed E-state index contributed by atoms with van der Waals surface area (Å²) in [6, 6.07) is 0. The minimum atomic E-state index is 0.329. The number of rotatable bonds is 8. The molecule has 18 heavy (non-hydrogen) atoms. The highest BCUT2D eigenvalue weighted by Gasteiger charge is 2.22. The molecule has 0 radical (unpaired) electrons. The predicted molar refractivity (Wildman–Crippen MR) is 71.5 cm³/mol. The first-order chi connectivity index (χ1) is 8.77. The lowest BCUT2D eigenvalue weighted by molar-refractivity contribution is -0.133. The van der Waals surface area contributed by atoms with Crippen molar-refractivity contribution in [1.82, 2.24) is 4.90 Å². The summed E-state index contributed by atoms with van der Waals surface area (Å²) in [5.74, 6) is 0.938. The molecule has 0 unspecified atom stereocenters. The van der Waals surface area contributed by atoms with Crippen molar-refractivity contribution in [2.24, 2.45) is 5.92 Å². The maximum atomic E-state index is 11.8. The Morgan fingerprint density at radius 2 is 2.00 bits per heavy atom. The number of methoxy groups -OCH3 is 1. The smallest absolute Gasteiger partial charge is 0.222 e. The number of piperidine rings is 1. The molecule has 0 bridgehead atoms. The van der Waals surface area contributed by atoms with Crippen LogP contribution in [0.4, 0.5) is 0 Å². The van der Waals surface area contributed by atoms with Crippen LogP contribution >= 0.6 is 0 Å². The number of likely N-dealkylation sites (tertiary alicyclic amines) is 1. The third kappa shape index (κ3) is 5.83. The molecule has 1 aliphatic heterocycles. The minimum Gasteiger partial charge on any atom is -0.382 e. The van der Waals surface area contributed by atoms with Gasteiger partial charge in [-0.05, 0) is 25.2 Å². The Hall–Kier alpha value is -0.610. The monoisotopic (exact) mass is 257 g/mol. The van der Waals surface area contributed by atoms with E-state index in [1.165, 1.54) is 0 Å². The van der Waals surface area contributed by atoms with Gasteiger partial charge in [-0.3, -0.25) is 4.79 Å². The van der Waals surface area contributed by atoms with Gasteiger partial charge >= 0.3 is 0 Å². The molecule has 4 nitrogen and oxygen atoms in total. The normalized spacial score (nSPS) is 17.1. The fourth-order valence-corrected chi connectivity index (χ4v) is 2.23. The van der Waals surface area contributed by atoms with E-state index < -0.39 is 0 Å². The lowest BCUT2D eigenvalue weighted by atomic mass is 9.97. The summed E-state index contributed by atoms with van der Waals surface area (Å²) in [5.41, 5.74) is 0. The maximum absolute atomic E-state index is 11.8. The minimum absolute atomic E-state index is 0.329. The molecule has 4 heteroatoms. The molecule has 0 aromatic carbocycles. The van der Waals surface area contributed by atoms with Gasteiger partial charge in [-0.25, -0.2) is 0 Å². The lowest BCUT2D eigenvalue weighted by Gasteiger charge is -2.32. The van der Waals surface area contributed by atoms with Crippen LogP contribution < -0.4 is 0 Å². The van der Waals surface area contributed by atoms with Gasteiger partial charge in [0.2, 0.25) is 5.91 Å². The van der Waals surface area contributed by atoms with E-state index in [9.17, 15) is 4.79 Å². The summed E-state index contributed by atoms with van der Waals surface area (Å²) >= 11 is 0. The molecule has 1 saturated heterocycles. The second kappa shape index (κ2) is 9.34. The van der Waals surface area contributed by atoms with Crippen molar-refractivity contribution in [3.05, 3.63) is 0 Å². The topological polar surface area (TPSA) is 38.8 Å². The van der Waals surface area contributed by atoms with Gasteiger partial charge in [0.25, 0.3) is 0 Å². The van der Waals surface area contributed by atoms with Crippen molar-refractivity contribution in [3.8, 4) is 0 Å². The van der Waals surface area contributed by atoms with Crippen LogP contribution in [0.1, 0.15) is 39.0 Å². The number of carbonyl (C=O) groups excluding carboxylic acids is 1. The third-order valence-corrected chi connectivity index (χ3v) is 3.50. The van der Waals surface area contributed by atoms with Crippen molar-refractivity contribution >= 4 is 5.91 Å². The highest BCUT2D eigenvalue weighted by atomic mass is 16.5. The van der Waals surface area contributed by atoms with Gasteiger partial charge in [0, 0.05) is 33.2 Å². The summed E-state index contributed by atoms with van der Waals surface area (Å²) in [7, 11) is 1.68. The standard InChI is InChI=1S/C14H27NO3/c1-3-4-5-14(16)15-8-6-13(7-9-15)12-18-11-10-17-2/h13H,3-12H2,1-2H3. The van der Waals surface area contributed by atoms with Crippen molar-refractivity contribution < 1.29 is 14.3 Å². The first kappa shape index (κ1) is 15.4. The molecule has 1 amide bonds. The summed E-state index contributed by atoms with van der Waals surface area (Å²) < 4.78 is 10.5. The van der Waals surface area contributed by atoms with Crippen molar-refractivity contribution in [3.63, 3.8) is 0 Å². The zero-order chi connectivity index (χ0) is 13.2. The fraction of sp³-hybridized carbons (Fsp3) is 0.929. The molecule has 1 rings (SSSR count). The summed E-state index contributed by atoms with van der Waals surface area (Å²) in [4.78, 5) is 13.9. The summed E-state index contributed by atoms with van der Waals surface area (Å²) in [6.07, 6.45) is 4.97. The first-order valence-corrected chi connectivity index (χ1v) is 7.12. The molecule has 106 valence electrons. The van der Waals surface area contributed by atoms with Crippen LogP contribution in [-0.2, 0) is 14.3 Å². The average molecular weight is 257 g/mol. The summed E-state index contributed by atoms with van der Waals surface area (Å²) in [6.45, 7) is 6.07. The number of carbonyl (C=O) groups is 1. The van der Waals surface area contributed by atoms with E-state index in [0.29, 0.717) is 31.5 Å². The molecule has 0 aromatic rings. The van der Waals surface area contributed by atoms with Crippen LogP contribution in [-0.4, -0.2) is 50.8 Å². The highest BCUT2D eigenvalue weighted by Crippen LogP contribution is 2.18. The molecule has 0 aliphatic carbocycles. The van der Waals surface area contributed by atoms with E-state index in [1.54, 1.807) is 7.11 Å². The van der Waals surface area contributed by atoms with Crippen molar-refractivity contribution in [2.75, 3.05) is 40.0 Å². The molecular formula is C14H27NO3. The van der Waals surface area contributed by atoms with Gasteiger partial charge in [-0.2, -0.15) is 0 Å². The molecule has 0 aromatic heterocycles. The van der Waals surface area contributed by atoms with Crippen molar-refractivity contribution in [1.29, 1.82) is 0 Å². The van der Waals surface area contributed by atoms with Gasteiger partial charge in [0.15, 0.2) is 0 Å². The van der Waals surface area contributed by atoms with Gasteiger partial charge in [-0.15, -0.1) is 0 Å². The van der Waals surface area contributed by atoms with Gasteiger partial charge < -0.3 is 14.4 Å². The molecule has 0 saturated carbocycles. The highest BCUT2D eigenvalue weighted by molar-refractivity contribution is 5.76. The molecule has 0 atom stereocenters. The van der Waals surface area contributed by atoms with Crippen LogP contribution in [0, 0.1) is 5.92 Å². The Balaban J connectivity index is 2.10. The van der Waals surface area contributed by atoms with Gasteiger partial charge in [0.1, 0.15) is 0 Å². The molecule has 1 aliphatic rings. The van der Waals surface area contributed by atoms with Gasteiger partial charge in [0.05, 0.1) is 13.2 Å². The van der Waals surface area contributed by atoms with Crippen molar-refractivity contribution in [2.45, 2.75) is 39.0 Å². The zero-order valence-electron chi connectivity index (χ0n) is 11.8. The van der Waals surface area contributed by atoms with E-state index in [-0.39, 0.29) is 0 Å². The summed E-state index contributed by atoms with van der Waals surface area (Å²) in [5, 5.41) is 0. The fourth-order valence-electron chi connectivity index (χ4n) is 2.23. The Morgan fingerprint density at radius 3 is 2.61 bits per heavy atom. The Kier molecular flexibility index (Phi) is 8.01. The third-order valence-electron chi connectivity index (χ3n) is 3.50. The molecular weight excluding hydrogens is 230 g/mol. The largest absolute Gasteiger partial charge is 0.382 e. The van der Waals surface area contributed by atoms with E-state index in [4.69, 9.17) is 9.47 Å². The van der Waals surface area contributed by atoms with E-state index >= 15 is 0 Å². The number of unbranched alkanes of at least 4 members (excludes halogenated alkanes) is 1. The predicted octanol–water partition coefficient (Wildman–Crippen LogP) is 2.08.